The Morgan fingerprint density at radius 3 is 2.64 bits per heavy atom. The van der Waals surface area contributed by atoms with E-state index in [0.29, 0.717) is 16.9 Å². The van der Waals surface area contributed by atoms with Gasteiger partial charge in [0, 0.05) is 23.0 Å². The first-order chi connectivity index (χ1) is 13.5. The Bertz CT molecular complexity index is 1060. The molecule has 3 aromatic rings. The number of non-ortho nitro benzene ring substituents is 1. The second kappa shape index (κ2) is 7.65. The Morgan fingerprint density at radius 2 is 1.96 bits per heavy atom. The van der Waals surface area contributed by atoms with E-state index in [1.54, 1.807) is 18.2 Å². The molecule has 1 aliphatic heterocycles. The number of hydrogen-bond acceptors (Lipinski definition) is 5. The van der Waals surface area contributed by atoms with Crippen molar-refractivity contribution in [2.45, 2.75) is 12.5 Å². The van der Waals surface area contributed by atoms with Gasteiger partial charge >= 0.3 is 0 Å². The Morgan fingerprint density at radius 1 is 1.18 bits per heavy atom. The van der Waals surface area contributed by atoms with Gasteiger partial charge in [-0.15, -0.1) is 11.3 Å². The smallest absolute Gasteiger partial charge is 0.266 e. The Labute approximate surface area is 173 Å². The minimum atomic E-state index is -0.430. The van der Waals surface area contributed by atoms with E-state index in [1.165, 1.54) is 28.5 Å². The number of nitrogens with zero attached hydrogens (tertiary/aromatic N) is 3. The lowest BCUT2D eigenvalue weighted by molar-refractivity contribution is -0.384. The normalized spacial score (nSPS) is 16.1. The molecule has 8 heteroatoms. The lowest BCUT2D eigenvalue weighted by Gasteiger charge is -2.21. The number of hydrogen-bond donors (Lipinski definition) is 0. The van der Waals surface area contributed by atoms with Gasteiger partial charge in [0.1, 0.15) is 0 Å². The zero-order valence-corrected chi connectivity index (χ0v) is 16.9. The zero-order chi connectivity index (χ0) is 19.7. The number of hydrazone groups is 1. The van der Waals surface area contributed by atoms with Crippen molar-refractivity contribution >= 4 is 44.6 Å². The number of rotatable bonds is 4. The van der Waals surface area contributed by atoms with E-state index in [0.717, 1.165) is 15.7 Å². The summed E-state index contributed by atoms with van der Waals surface area (Å²) in [6, 6.07) is 17.3. The average Bonchev–Trinajstić information content (AvgIpc) is 3.38. The number of carbonyl (C=O) groups excluding carboxylic acids is 1. The van der Waals surface area contributed by atoms with Crippen LogP contribution in [-0.2, 0) is 0 Å². The molecule has 28 heavy (non-hydrogen) atoms. The maximum absolute atomic E-state index is 13.0. The summed E-state index contributed by atoms with van der Waals surface area (Å²) in [6.45, 7) is 0. The van der Waals surface area contributed by atoms with Crippen LogP contribution in [0, 0.1) is 10.1 Å². The van der Waals surface area contributed by atoms with Gasteiger partial charge in [-0.1, -0.05) is 46.3 Å². The summed E-state index contributed by atoms with van der Waals surface area (Å²) < 4.78 is 0.955. The molecule has 1 aromatic heterocycles. The Kier molecular flexibility index (Phi) is 5.06. The first kappa shape index (κ1) is 18.5. The summed E-state index contributed by atoms with van der Waals surface area (Å²) in [5.74, 6) is -0.210. The number of thiophene rings is 1. The van der Waals surface area contributed by atoms with Crippen LogP contribution in [0.5, 0.6) is 0 Å². The highest BCUT2D eigenvalue weighted by Gasteiger charge is 2.34. The third kappa shape index (κ3) is 3.61. The molecule has 0 spiro atoms. The van der Waals surface area contributed by atoms with E-state index in [9.17, 15) is 14.9 Å². The van der Waals surface area contributed by atoms with E-state index in [-0.39, 0.29) is 11.6 Å². The van der Waals surface area contributed by atoms with E-state index in [2.05, 4.69) is 21.0 Å². The zero-order valence-electron chi connectivity index (χ0n) is 14.5. The van der Waals surface area contributed by atoms with Crippen LogP contribution < -0.4 is 0 Å². The van der Waals surface area contributed by atoms with Crippen LogP contribution >= 0.6 is 27.3 Å². The van der Waals surface area contributed by atoms with Crippen LogP contribution in [0.25, 0.3) is 0 Å². The number of amides is 1. The average molecular weight is 456 g/mol. The molecule has 0 saturated carbocycles. The summed E-state index contributed by atoms with van der Waals surface area (Å²) in [4.78, 5) is 24.4. The molecular weight excluding hydrogens is 442 g/mol. The molecule has 0 bridgehead atoms. The second-order valence-electron chi connectivity index (χ2n) is 6.25. The number of nitro benzene ring substituents is 1. The van der Waals surface area contributed by atoms with Gasteiger partial charge in [-0.05, 0) is 34.7 Å². The third-order valence-corrected chi connectivity index (χ3v) is 5.88. The van der Waals surface area contributed by atoms with Crippen molar-refractivity contribution in [3.8, 4) is 0 Å². The summed E-state index contributed by atoms with van der Waals surface area (Å²) >= 11 is 4.77. The highest BCUT2D eigenvalue weighted by atomic mass is 79.9. The lowest BCUT2D eigenvalue weighted by atomic mass is 9.98. The number of nitro groups is 1. The molecule has 1 atom stereocenters. The fraction of sp³-hybridized carbons (Fsp3) is 0.100. The predicted octanol–water partition coefficient (Wildman–Crippen LogP) is 5.41. The molecule has 0 fully saturated rings. The van der Waals surface area contributed by atoms with Gasteiger partial charge in [0.2, 0.25) is 0 Å². The molecule has 0 unspecified atom stereocenters. The summed E-state index contributed by atoms with van der Waals surface area (Å²) in [5, 5.41) is 19.1. The van der Waals surface area contributed by atoms with Crippen LogP contribution in [0.4, 0.5) is 5.69 Å². The topological polar surface area (TPSA) is 75.8 Å². The fourth-order valence-electron chi connectivity index (χ4n) is 3.13. The molecule has 2 heterocycles. The monoisotopic (exact) mass is 455 g/mol. The standard InChI is InChI=1S/C20H14BrN3O3S/c21-15-8-6-13(7-9-15)17-12-18(14-3-1-4-16(11-14)24(26)27)23(22-17)20(25)19-5-2-10-28-19/h1-11,18H,12H2/t18-/m0/s1. The number of benzene rings is 2. The molecule has 6 nitrogen and oxygen atoms in total. The van der Waals surface area contributed by atoms with Crippen LogP contribution in [0.15, 0.2) is 75.6 Å². The van der Waals surface area contributed by atoms with Gasteiger partial charge in [0.25, 0.3) is 11.6 Å². The SMILES string of the molecule is O=C(c1cccs1)N1N=C(c2ccc(Br)cc2)C[C@H]1c1cccc([N+](=O)[O-])c1. The third-order valence-electron chi connectivity index (χ3n) is 4.49. The first-order valence-electron chi connectivity index (χ1n) is 8.48. The molecule has 0 radical (unpaired) electrons. The second-order valence-corrected chi connectivity index (χ2v) is 8.12. The minimum Gasteiger partial charge on any atom is -0.266 e. The highest BCUT2D eigenvalue weighted by molar-refractivity contribution is 9.10. The number of carbonyl (C=O) groups is 1. The summed E-state index contributed by atoms with van der Waals surface area (Å²) in [5.41, 5.74) is 2.38. The molecule has 0 saturated heterocycles. The van der Waals surface area contributed by atoms with Gasteiger partial charge < -0.3 is 0 Å². The molecule has 0 aliphatic carbocycles. The van der Waals surface area contributed by atoms with Crippen molar-refractivity contribution in [2.24, 2.45) is 5.10 Å². The van der Waals surface area contributed by atoms with Crippen LogP contribution in [0.1, 0.15) is 33.3 Å². The van der Waals surface area contributed by atoms with Crippen molar-refractivity contribution < 1.29 is 9.72 Å². The van der Waals surface area contributed by atoms with E-state index in [4.69, 9.17) is 0 Å². The fourth-order valence-corrected chi connectivity index (χ4v) is 4.05. The Balaban J connectivity index is 1.74. The molecule has 4 rings (SSSR count). The maximum Gasteiger partial charge on any atom is 0.284 e. The Hall–Kier alpha value is -2.84. The van der Waals surface area contributed by atoms with Crippen molar-refractivity contribution in [2.75, 3.05) is 0 Å². The van der Waals surface area contributed by atoms with Crippen LogP contribution in [0.3, 0.4) is 0 Å². The van der Waals surface area contributed by atoms with Crippen molar-refractivity contribution in [3.63, 3.8) is 0 Å². The minimum absolute atomic E-state index is 0.00175. The van der Waals surface area contributed by atoms with Crippen molar-refractivity contribution in [1.29, 1.82) is 0 Å². The molecule has 1 aliphatic rings. The molecule has 140 valence electrons. The predicted molar refractivity (Wildman–Crippen MR) is 112 cm³/mol. The van der Waals surface area contributed by atoms with Gasteiger partial charge in [0.05, 0.1) is 21.6 Å². The summed E-state index contributed by atoms with van der Waals surface area (Å²) in [7, 11) is 0. The van der Waals surface area contributed by atoms with Gasteiger partial charge in [-0.3, -0.25) is 14.9 Å². The molecule has 2 aromatic carbocycles. The molecular formula is C20H14BrN3O3S. The van der Waals surface area contributed by atoms with Crippen molar-refractivity contribution in [1.82, 2.24) is 5.01 Å². The van der Waals surface area contributed by atoms with E-state index >= 15 is 0 Å². The summed E-state index contributed by atoms with van der Waals surface area (Å²) in [6.07, 6.45) is 0.486. The van der Waals surface area contributed by atoms with E-state index in [1.807, 2.05) is 35.7 Å². The van der Waals surface area contributed by atoms with Gasteiger partial charge in [-0.2, -0.15) is 5.10 Å². The first-order valence-corrected chi connectivity index (χ1v) is 10.1. The highest BCUT2D eigenvalue weighted by Crippen LogP contribution is 2.35. The quantitative estimate of drug-likeness (QED) is 0.389. The number of halogens is 1. The maximum atomic E-state index is 13.0. The molecule has 1 amide bonds. The lowest BCUT2D eigenvalue weighted by Crippen LogP contribution is -2.26. The molecule has 0 N–H and O–H groups in total. The van der Waals surface area contributed by atoms with Crippen molar-refractivity contribution in [3.05, 3.63) is 96.6 Å². The van der Waals surface area contributed by atoms with Crippen LogP contribution in [0.2, 0.25) is 0 Å². The van der Waals surface area contributed by atoms with Gasteiger partial charge in [-0.25, -0.2) is 5.01 Å². The largest absolute Gasteiger partial charge is 0.284 e. The van der Waals surface area contributed by atoms with E-state index < -0.39 is 11.0 Å². The van der Waals surface area contributed by atoms with Crippen LogP contribution in [-0.4, -0.2) is 21.6 Å². The van der Waals surface area contributed by atoms with Gasteiger partial charge in [0.15, 0.2) is 0 Å².